The zero-order valence-corrected chi connectivity index (χ0v) is 17.8. The Hall–Kier alpha value is -4.07. The van der Waals surface area contributed by atoms with Gasteiger partial charge in [0.05, 0.1) is 12.8 Å². The Morgan fingerprint density at radius 2 is 1.59 bits per heavy atom. The Labute approximate surface area is 186 Å². The highest BCUT2D eigenvalue weighted by Crippen LogP contribution is 2.16. The lowest BCUT2D eigenvalue weighted by molar-refractivity contribution is -0.114. The smallest absolute Gasteiger partial charge is 0.291 e. The summed E-state index contributed by atoms with van der Waals surface area (Å²) in [5.41, 5.74) is 2.38. The predicted molar refractivity (Wildman–Crippen MR) is 124 cm³/mol. The second-order valence-corrected chi connectivity index (χ2v) is 7.10. The van der Waals surface area contributed by atoms with Gasteiger partial charge in [-0.2, -0.15) is 0 Å². The summed E-state index contributed by atoms with van der Waals surface area (Å²) in [4.78, 5) is 36.4. The predicted octanol–water partition coefficient (Wildman–Crippen LogP) is 4.11. The molecule has 0 atom stereocenters. The number of hydrogen-bond donors (Lipinski definition) is 4. The molecule has 0 spiro atoms. The van der Waals surface area contributed by atoms with E-state index in [9.17, 15) is 14.4 Å². The summed E-state index contributed by atoms with van der Waals surface area (Å²) in [5, 5.41) is 11.4. The average Bonchev–Trinajstić information content (AvgIpc) is 3.34. The van der Waals surface area contributed by atoms with Gasteiger partial charge in [-0.05, 0) is 61.0 Å². The minimum Gasteiger partial charge on any atom is -0.459 e. The van der Waals surface area contributed by atoms with Crippen molar-refractivity contribution < 1.29 is 18.8 Å². The zero-order valence-electron chi connectivity index (χ0n) is 17.8. The molecule has 1 heterocycles. The number of carbonyl (C=O) groups excluding carboxylic acids is 3. The first-order chi connectivity index (χ1) is 15.5. The van der Waals surface area contributed by atoms with Crippen molar-refractivity contribution in [3.05, 3.63) is 78.3 Å². The monoisotopic (exact) mass is 434 g/mol. The highest BCUT2D eigenvalue weighted by molar-refractivity contribution is 6.03. The van der Waals surface area contributed by atoms with E-state index in [-0.39, 0.29) is 30.0 Å². The Kier molecular flexibility index (Phi) is 8.02. The van der Waals surface area contributed by atoms with E-state index in [1.807, 2.05) is 0 Å². The fraction of sp³-hybridized carbons (Fsp3) is 0.208. The van der Waals surface area contributed by atoms with Crippen LogP contribution in [0.4, 0.5) is 17.1 Å². The summed E-state index contributed by atoms with van der Waals surface area (Å²) in [7, 11) is 0. The molecule has 32 heavy (non-hydrogen) atoms. The molecule has 4 N–H and O–H groups in total. The van der Waals surface area contributed by atoms with Gasteiger partial charge >= 0.3 is 0 Å². The number of furan rings is 1. The number of rotatable bonds is 10. The van der Waals surface area contributed by atoms with Crippen LogP contribution in [0, 0.1) is 0 Å². The second kappa shape index (κ2) is 11.4. The maximum atomic E-state index is 12.3. The van der Waals surface area contributed by atoms with Gasteiger partial charge in [-0.15, -0.1) is 0 Å². The third-order valence-corrected chi connectivity index (χ3v) is 4.57. The van der Waals surface area contributed by atoms with E-state index in [0.29, 0.717) is 23.5 Å². The van der Waals surface area contributed by atoms with Crippen LogP contribution < -0.4 is 21.3 Å². The summed E-state index contributed by atoms with van der Waals surface area (Å²) in [6, 6.07) is 17.0. The summed E-state index contributed by atoms with van der Waals surface area (Å²) in [5.74, 6) is -0.529. The summed E-state index contributed by atoms with van der Waals surface area (Å²) in [6.07, 6.45) is 3.39. The van der Waals surface area contributed by atoms with Crippen molar-refractivity contribution in [2.24, 2.45) is 0 Å². The largest absolute Gasteiger partial charge is 0.459 e. The van der Waals surface area contributed by atoms with Crippen molar-refractivity contribution in [1.29, 1.82) is 0 Å². The Bertz CT molecular complexity index is 1050. The molecule has 0 aliphatic heterocycles. The van der Waals surface area contributed by atoms with Crippen LogP contribution in [0.1, 0.15) is 40.7 Å². The number of benzene rings is 2. The Morgan fingerprint density at radius 3 is 2.28 bits per heavy atom. The van der Waals surface area contributed by atoms with Gasteiger partial charge in [0.2, 0.25) is 5.91 Å². The van der Waals surface area contributed by atoms with E-state index in [1.165, 1.54) is 6.26 Å². The van der Waals surface area contributed by atoms with Crippen LogP contribution in [0.2, 0.25) is 0 Å². The molecule has 0 aliphatic carbocycles. The van der Waals surface area contributed by atoms with Gasteiger partial charge in [0.15, 0.2) is 5.76 Å². The van der Waals surface area contributed by atoms with E-state index in [1.54, 1.807) is 60.7 Å². The molecule has 8 heteroatoms. The summed E-state index contributed by atoms with van der Waals surface area (Å²) >= 11 is 0. The van der Waals surface area contributed by atoms with Crippen molar-refractivity contribution in [3.8, 4) is 0 Å². The van der Waals surface area contributed by atoms with Crippen LogP contribution in [0.15, 0.2) is 71.3 Å². The molecular weight excluding hydrogens is 408 g/mol. The number of unbranched alkanes of at least 4 members (excludes halogenated alkanes) is 1. The topological polar surface area (TPSA) is 112 Å². The molecule has 3 aromatic rings. The minimum absolute atomic E-state index is 0.0467. The molecule has 0 saturated carbocycles. The van der Waals surface area contributed by atoms with Crippen molar-refractivity contribution >= 4 is 34.8 Å². The van der Waals surface area contributed by atoms with Crippen molar-refractivity contribution in [2.75, 3.05) is 29.0 Å². The van der Waals surface area contributed by atoms with Crippen LogP contribution in [-0.4, -0.2) is 30.8 Å². The van der Waals surface area contributed by atoms with E-state index in [4.69, 9.17) is 4.42 Å². The van der Waals surface area contributed by atoms with Crippen LogP contribution in [0.25, 0.3) is 0 Å². The molecule has 0 saturated heterocycles. The van der Waals surface area contributed by atoms with Crippen LogP contribution in [0.3, 0.4) is 0 Å². The lowest BCUT2D eigenvalue weighted by Gasteiger charge is -2.10. The average molecular weight is 434 g/mol. The molecular formula is C24H26N4O4. The maximum absolute atomic E-state index is 12.3. The Balaban J connectivity index is 1.47. The standard InChI is InChI=1S/C24H26N4O4/c1-2-3-13-25-23(30)17-9-11-18(12-10-17)26-16-22(29)27-19-6-4-7-20(15-19)28-24(31)21-8-5-14-32-21/h4-12,14-15,26H,2-3,13,16H2,1H3,(H,25,30)(H,27,29)(H,28,31). The molecule has 0 fully saturated rings. The Morgan fingerprint density at radius 1 is 0.844 bits per heavy atom. The molecule has 0 radical (unpaired) electrons. The molecule has 0 bridgehead atoms. The normalized spacial score (nSPS) is 10.3. The van der Waals surface area contributed by atoms with E-state index >= 15 is 0 Å². The minimum atomic E-state index is -0.373. The third-order valence-electron chi connectivity index (χ3n) is 4.57. The number of carbonyl (C=O) groups is 3. The molecule has 0 unspecified atom stereocenters. The quantitative estimate of drug-likeness (QED) is 0.359. The SMILES string of the molecule is CCCCNC(=O)c1ccc(NCC(=O)Nc2cccc(NC(=O)c3ccco3)c2)cc1. The van der Waals surface area contributed by atoms with Crippen molar-refractivity contribution in [3.63, 3.8) is 0 Å². The third kappa shape index (κ3) is 6.73. The van der Waals surface area contributed by atoms with Gasteiger partial charge in [0.25, 0.3) is 11.8 Å². The highest BCUT2D eigenvalue weighted by atomic mass is 16.3. The lowest BCUT2D eigenvalue weighted by Crippen LogP contribution is -2.24. The lowest BCUT2D eigenvalue weighted by atomic mass is 10.2. The van der Waals surface area contributed by atoms with Crippen LogP contribution in [0.5, 0.6) is 0 Å². The van der Waals surface area contributed by atoms with Gasteiger partial charge in [0, 0.05) is 29.2 Å². The fourth-order valence-corrected chi connectivity index (χ4v) is 2.88. The molecule has 3 amide bonds. The van der Waals surface area contributed by atoms with Gasteiger partial charge in [0.1, 0.15) is 0 Å². The molecule has 0 aliphatic rings. The second-order valence-electron chi connectivity index (χ2n) is 7.10. The summed E-state index contributed by atoms with van der Waals surface area (Å²) < 4.78 is 5.07. The first-order valence-electron chi connectivity index (χ1n) is 10.4. The van der Waals surface area contributed by atoms with Crippen molar-refractivity contribution in [2.45, 2.75) is 19.8 Å². The van der Waals surface area contributed by atoms with E-state index in [0.717, 1.165) is 18.5 Å². The fourth-order valence-electron chi connectivity index (χ4n) is 2.88. The molecule has 3 rings (SSSR count). The summed E-state index contributed by atoms with van der Waals surface area (Å²) in [6.45, 7) is 2.77. The molecule has 166 valence electrons. The van der Waals surface area contributed by atoms with E-state index < -0.39 is 0 Å². The number of hydrogen-bond acceptors (Lipinski definition) is 5. The molecule has 2 aromatic carbocycles. The molecule has 8 nitrogen and oxygen atoms in total. The first kappa shape index (κ1) is 22.6. The molecule has 1 aromatic heterocycles. The number of anilines is 3. The van der Waals surface area contributed by atoms with Gasteiger partial charge < -0.3 is 25.7 Å². The van der Waals surface area contributed by atoms with E-state index in [2.05, 4.69) is 28.2 Å². The van der Waals surface area contributed by atoms with Crippen LogP contribution in [-0.2, 0) is 4.79 Å². The van der Waals surface area contributed by atoms with Gasteiger partial charge in [-0.25, -0.2) is 0 Å². The zero-order chi connectivity index (χ0) is 22.8. The highest BCUT2D eigenvalue weighted by Gasteiger charge is 2.10. The first-order valence-corrected chi connectivity index (χ1v) is 10.4. The van der Waals surface area contributed by atoms with Crippen molar-refractivity contribution in [1.82, 2.24) is 5.32 Å². The van der Waals surface area contributed by atoms with Crippen LogP contribution >= 0.6 is 0 Å². The number of nitrogens with one attached hydrogen (secondary N) is 4. The van der Waals surface area contributed by atoms with Gasteiger partial charge in [-0.3, -0.25) is 14.4 Å². The number of amides is 3. The maximum Gasteiger partial charge on any atom is 0.291 e. The van der Waals surface area contributed by atoms with Gasteiger partial charge in [-0.1, -0.05) is 19.4 Å².